The molecule has 1 aromatic heterocycles. The van der Waals surface area contributed by atoms with Gasteiger partial charge in [0.05, 0.1) is 30.5 Å². The molecule has 0 amide bonds. The van der Waals surface area contributed by atoms with E-state index in [4.69, 9.17) is 14.3 Å². The second-order valence-electron chi connectivity index (χ2n) is 3.03. The number of carboxylic acids is 1. The number of carbonyl (C=O) groups is 1. The zero-order valence-electron chi connectivity index (χ0n) is 7.43. The molecule has 0 saturated carbocycles. The van der Waals surface area contributed by atoms with Crippen molar-refractivity contribution in [3.8, 4) is 0 Å². The van der Waals surface area contributed by atoms with Crippen LogP contribution in [0.15, 0.2) is 16.7 Å². The number of rotatable bonds is 4. The number of ether oxygens (including phenoxy) is 1. The first kappa shape index (κ1) is 9.61. The fourth-order valence-electron chi connectivity index (χ4n) is 1.15. The van der Waals surface area contributed by atoms with Crippen molar-refractivity contribution >= 4 is 17.7 Å². The molecule has 2 rings (SSSR count). The third-order valence-electron chi connectivity index (χ3n) is 2.03. The zero-order valence-corrected chi connectivity index (χ0v) is 8.25. The van der Waals surface area contributed by atoms with Crippen LogP contribution in [0.4, 0.5) is 0 Å². The molecule has 0 radical (unpaired) electrons. The molecule has 1 aromatic rings. The molecule has 0 aliphatic carbocycles. The molecule has 0 atom stereocenters. The van der Waals surface area contributed by atoms with E-state index in [2.05, 4.69) is 0 Å². The Kier molecular flexibility index (Phi) is 2.79. The number of hydrogen-bond donors (Lipinski definition) is 1. The fraction of sp³-hybridized carbons (Fsp3) is 0.444. The highest BCUT2D eigenvalue weighted by Crippen LogP contribution is 2.25. The molecule has 76 valence electrons. The largest absolute Gasteiger partial charge is 0.478 e. The Morgan fingerprint density at radius 3 is 3.00 bits per heavy atom. The maximum atomic E-state index is 10.7. The molecular formula is C9H10O4S. The third kappa shape index (κ3) is 1.93. The van der Waals surface area contributed by atoms with Gasteiger partial charge < -0.3 is 14.3 Å². The van der Waals surface area contributed by atoms with E-state index in [1.54, 1.807) is 11.8 Å². The lowest BCUT2D eigenvalue weighted by Crippen LogP contribution is -2.30. The summed E-state index contributed by atoms with van der Waals surface area (Å²) >= 11 is 1.67. The minimum Gasteiger partial charge on any atom is -0.478 e. The average molecular weight is 214 g/mol. The van der Waals surface area contributed by atoms with Crippen molar-refractivity contribution < 1.29 is 19.1 Å². The highest BCUT2D eigenvalue weighted by molar-refractivity contribution is 7.99. The molecule has 5 heteroatoms. The second-order valence-corrected chi connectivity index (χ2v) is 4.32. The van der Waals surface area contributed by atoms with Gasteiger partial charge in [0.25, 0.3) is 0 Å². The van der Waals surface area contributed by atoms with E-state index in [1.807, 2.05) is 0 Å². The minimum atomic E-state index is -0.931. The number of aromatic carboxylic acids is 1. The molecule has 4 nitrogen and oxygen atoms in total. The van der Waals surface area contributed by atoms with Crippen molar-refractivity contribution in [3.05, 3.63) is 23.7 Å². The summed E-state index contributed by atoms with van der Waals surface area (Å²) in [5, 5.41) is 9.28. The summed E-state index contributed by atoms with van der Waals surface area (Å²) in [4.78, 5) is 10.7. The first-order valence-corrected chi connectivity index (χ1v) is 5.31. The van der Waals surface area contributed by atoms with Crippen LogP contribution in [-0.2, 0) is 10.5 Å². The van der Waals surface area contributed by atoms with Crippen molar-refractivity contribution in [2.24, 2.45) is 0 Å². The molecule has 2 heterocycles. The third-order valence-corrected chi connectivity index (χ3v) is 3.21. The molecule has 1 aliphatic heterocycles. The lowest BCUT2D eigenvalue weighted by atomic mass is 10.3. The van der Waals surface area contributed by atoms with E-state index in [1.165, 1.54) is 12.3 Å². The van der Waals surface area contributed by atoms with Gasteiger partial charge in [-0.3, -0.25) is 0 Å². The van der Waals surface area contributed by atoms with Crippen molar-refractivity contribution in [1.29, 1.82) is 0 Å². The molecule has 0 spiro atoms. The summed E-state index contributed by atoms with van der Waals surface area (Å²) in [6, 6.07) is 1.48. The van der Waals surface area contributed by atoms with Crippen molar-refractivity contribution in [1.82, 2.24) is 0 Å². The SMILES string of the molecule is O=C(O)c1ccoc1CSC1COC1. The van der Waals surface area contributed by atoms with Crippen LogP contribution in [0, 0.1) is 0 Å². The highest BCUT2D eigenvalue weighted by Gasteiger charge is 2.21. The van der Waals surface area contributed by atoms with Gasteiger partial charge in [-0.2, -0.15) is 0 Å². The van der Waals surface area contributed by atoms with Gasteiger partial charge in [0.15, 0.2) is 0 Å². The van der Waals surface area contributed by atoms with E-state index in [0.29, 0.717) is 16.8 Å². The van der Waals surface area contributed by atoms with Gasteiger partial charge in [-0.15, -0.1) is 11.8 Å². The summed E-state index contributed by atoms with van der Waals surface area (Å²) in [6.45, 7) is 1.52. The van der Waals surface area contributed by atoms with E-state index >= 15 is 0 Å². The lowest BCUT2D eigenvalue weighted by Gasteiger charge is -2.24. The molecular weight excluding hydrogens is 204 g/mol. The quantitative estimate of drug-likeness (QED) is 0.825. The van der Waals surface area contributed by atoms with Crippen LogP contribution < -0.4 is 0 Å². The minimum absolute atomic E-state index is 0.262. The van der Waals surface area contributed by atoms with Gasteiger partial charge in [0.1, 0.15) is 11.3 Å². The molecule has 1 saturated heterocycles. The molecule has 1 N–H and O–H groups in total. The summed E-state index contributed by atoms with van der Waals surface area (Å²) in [7, 11) is 0. The van der Waals surface area contributed by atoms with E-state index in [-0.39, 0.29) is 5.56 Å². The molecule has 0 bridgehead atoms. The van der Waals surface area contributed by atoms with Crippen LogP contribution in [0.1, 0.15) is 16.1 Å². The van der Waals surface area contributed by atoms with Crippen LogP contribution in [0.3, 0.4) is 0 Å². The summed E-state index contributed by atoms with van der Waals surface area (Å²) in [5.74, 6) is 0.205. The van der Waals surface area contributed by atoms with Gasteiger partial charge in [0.2, 0.25) is 0 Å². The second kappa shape index (κ2) is 4.06. The van der Waals surface area contributed by atoms with E-state index in [9.17, 15) is 4.79 Å². The first-order chi connectivity index (χ1) is 6.77. The molecule has 1 fully saturated rings. The highest BCUT2D eigenvalue weighted by atomic mass is 32.2. The Labute approximate surface area is 85.2 Å². The molecule has 0 unspecified atom stereocenters. The van der Waals surface area contributed by atoms with Gasteiger partial charge in [-0.25, -0.2) is 4.79 Å². The van der Waals surface area contributed by atoms with Crippen molar-refractivity contribution in [3.63, 3.8) is 0 Å². The molecule has 0 aromatic carbocycles. The Balaban J connectivity index is 1.94. The van der Waals surface area contributed by atoms with Crippen LogP contribution in [0.2, 0.25) is 0 Å². The summed E-state index contributed by atoms with van der Waals surface area (Å²) in [5.41, 5.74) is 0.262. The number of hydrogen-bond acceptors (Lipinski definition) is 4. The normalized spacial score (nSPS) is 16.6. The van der Waals surface area contributed by atoms with Gasteiger partial charge >= 0.3 is 5.97 Å². The number of thioether (sulfide) groups is 1. The predicted octanol–water partition coefficient (Wildman–Crippen LogP) is 1.61. The topological polar surface area (TPSA) is 59.7 Å². The Bertz CT molecular complexity index is 329. The monoisotopic (exact) mass is 214 g/mol. The standard InChI is InChI=1S/C9H10O4S/c10-9(11)7-1-2-13-8(7)5-14-6-3-12-4-6/h1-2,6H,3-5H2,(H,10,11). The first-order valence-electron chi connectivity index (χ1n) is 4.26. The molecule has 1 aliphatic rings. The summed E-state index contributed by atoms with van der Waals surface area (Å²) < 4.78 is 10.1. The predicted molar refractivity (Wildman–Crippen MR) is 51.6 cm³/mol. The van der Waals surface area contributed by atoms with Crippen LogP contribution in [0.25, 0.3) is 0 Å². The van der Waals surface area contributed by atoms with E-state index in [0.717, 1.165) is 13.2 Å². The van der Waals surface area contributed by atoms with Crippen LogP contribution >= 0.6 is 11.8 Å². The smallest absolute Gasteiger partial charge is 0.339 e. The Morgan fingerprint density at radius 2 is 2.43 bits per heavy atom. The van der Waals surface area contributed by atoms with Gasteiger partial charge in [0, 0.05) is 0 Å². The van der Waals surface area contributed by atoms with Crippen LogP contribution in [0.5, 0.6) is 0 Å². The fourth-order valence-corrected chi connectivity index (χ4v) is 2.14. The lowest BCUT2D eigenvalue weighted by molar-refractivity contribution is 0.0454. The van der Waals surface area contributed by atoms with Gasteiger partial charge in [-0.1, -0.05) is 0 Å². The van der Waals surface area contributed by atoms with Crippen molar-refractivity contribution in [2.45, 2.75) is 11.0 Å². The summed E-state index contributed by atoms with van der Waals surface area (Å²) in [6.07, 6.45) is 1.41. The van der Waals surface area contributed by atoms with E-state index < -0.39 is 5.97 Å². The maximum absolute atomic E-state index is 10.7. The van der Waals surface area contributed by atoms with Crippen LogP contribution in [-0.4, -0.2) is 29.5 Å². The average Bonchev–Trinajstić information content (AvgIpc) is 2.49. The maximum Gasteiger partial charge on any atom is 0.339 e. The number of furan rings is 1. The zero-order chi connectivity index (χ0) is 9.97. The molecule has 14 heavy (non-hydrogen) atoms. The Morgan fingerprint density at radius 1 is 1.64 bits per heavy atom. The number of carboxylic acid groups (broad SMARTS) is 1. The van der Waals surface area contributed by atoms with Crippen molar-refractivity contribution in [2.75, 3.05) is 13.2 Å². The Hall–Kier alpha value is -0.940. The van der Waals surface area contributed by atoms with Gasteiger partial charge in [-0.05, 0) is 6.07 Å².